The van der Waals surface area contributed by atoms with E-state index in [9.17, 15) is 8.78 Å². The molecule has 0 rings (SSSR count). The molecule has 0 heterocycles. The van der Waals surface area contributed by atoms with Crippen molar-refractivity contribution in [1.82, 2.24) is 0 Å². The maximum Gasteiger partial charge on any atom is 0.253 e. The molecule has 0 atom stereocenters. The summed E-state index contributed by atoms with van der Waals surface area (Å²) in [5, 5.41) is 0. The van der Waals surface area contributed by atoms with E-state index in [-0.39, 0.29) is 11.8 Å². The van der Waals surface area contributed by atoms with E-state index in [0.717, 1.165) is 6.42 Å². The first kappa shape index (κ1) is 14.9. The third kappa shape index (κ3) is 3.42. The van der Waals surface area contributed by atoms with E-state index >= 15 is 0 Å². The highest BCUT2D eigenvalue weighted by atomic mass is 19.3. The van der Waals surface area contributed by atoms with E-state index in [4.69, 9.17) is 0 Å². The van der Waals surface area contributed by atoms with Crippen molar-refractivity contribution in [3.8, 4) is 0 Å². The molecule has 92 valence electrons. The van der Waals surface area contributed by atoms with Crippen LogP contribution >= 0.6 is 0 Å². The van der Waals surface area contributed by atoms with Crippen molar-refractivity contribution in [2.75, 3.05) is 0 Å². The van der Waals surface area contributed by atoms with Crippen molar-refractivity contribution in [2.24, 2.45) is 10.8 Å². The fourth-order valence-corrected chi connectivity index (χ4v) is 1.71. The van der Waals surface area contributed by atoms with Crippen LogP contribution in [0, 0.1) is 10.8 Å². The lowest BCUT2D eigenvalue weighted by Crippen LogP contribution is -2.41. The molecule has 0 saturated carbocycles. The average molecular weight is 220 g/mol. The molecule has 0 saturated heterocycles. The Balaban J connectivity index is 4.81. The standard InChI is InChI=1S/C13H26F2/c1-7-11(4,5)10-13(14,15)12(6,8-2)9-3/h7-10H2,1-6H3. The average Bonchev–Trinajstić information content (AvgIpc) is 2.14. The van der Waals surface area contributed by atoms with Gasteiger partial charge >= 0.3 is 0 Å². The van der Waals surface area contributed by atoms with Crippen LogP contribution in [0.25, 0.3) is 0 Å². The van der Waals surface area contributed by atoms with E-state index < -0.39 is 11.3 Å². The normalized spacial score (nSPS) is 14.4. The Bertz CT molecular complexity index is 191. The largest absolute Gasteiger partial charge is 0.253 e. The molecular weight excluding hydrogens is 194 g/mol. The summed E-state index contributed by atoms with van der Waals surface area (Å²) in [5.41, 5.74) is -1.12. The van der Waals surface area contributed by atoms with Gasteiger partial charge in [0.05, 0.1) is 0 Å². The highest BCUT2D eigenvalue weighted by Crippen LogP contribution is 2.48. The number of halogens is 2. The Morgan fingerprint density at radius 2 is 1.20 bits per heavy atom. The molecular formula is C13H26F2. The van der Waals surface area contributed by atoms with Gasteiger partial charge in [0.25, 0.3) is 5.92 Å². The molecule has 0 aliphatic rings. The number of hydrogen-bond donors (Lipinski definition) is 0. The van der Waals surface area contributed by atoms with Gasteiger partial charge < -0.3 is 0 Å². The number of hydrogen-bond acceptors (Lipinski definition) is 0. The van der Waals surface area contributed by atoms with Crippen LogP contribution in [0.1, 0.15) is 67.2 Å². The lowest BCUT2D eigenvalue weighted by atomic mass is 9.71. The van der Waals surface area contributed by atoms with Gasteiger partial charge in [-0.1, -0.05) is 48.0 Å². The van der Waals surface area contributed by atoms with E-state index in [1.54, 1.807) is 6.92 Å². The minimum absolute atomic E-state index is 0.00528. The predicted octanol–water partition coefficient (Wildman–Crippen LogP) is 5.27. The molecule has 0 bridgehead atoms. The molecule has 0 aliphatic heterocycles. The Kier molecular flexibility index (Phi) is 4.75. The smallest absolute Gasteiger partial charge is 0.206 e. The van der Waals surface area contributed by atoms with E-state index in [0.29, 0.717) is 12.8 Å². The first-order valence-corrected chi connectivity index (χ1v) is 6.02. The highest BCUT2D eigenvalue weighted by Gasteiger charge is 2.49. The van der Waals surface area contributed by atoms with E-state index in [2.05, 4.69) is 0 Å². The molecule has 0 fully saturated rings. The number of alkyl halides is 2. The van der Waals surface area contributed by atoms with Crippen molar-refractivity contribution in [3.05, 3.63) is 0 Å². The summed E-state index contributed by atoms with van der Waals surface area (Å²) in [6, 6.07) is 0. The summed E-state index contributed by atoms with van der Waals surface area (Å²) < 4.78 is 28.3. The van der Waals surface area contributed by atoms with Gasteiger partial charge in [0.15, 0.2) is 0 Å². The van der Waals surface area contributed by atoms with Crippen LogP contribution in [0.2, 0.25) is 0 Å². The van der Waals surface area contributed by atoms with Crippen LogP contribution in [0.4, 0.5) is 8.78 Å². The first-order chi connectivity index (χ1) is 6.64. The molecule has 0 aromatic rings. The zero-order valence-corrected chi connectivity index (χ0v) is 11.1. The Morgan fingerprint density at radius 1 is 0.800 bits per heavy atom. The predicted molar refractivity (Wildman–Crippen MR) is 62.3 cm³/mol. The minimum Gasteiger partial charge on any atom is -0.206 e. The van der Waals surface area contributed by atoms with Crippen molar-refractivity contribution in [3.63, 3.8) is 0 Å². The van der Waals surface area contributed by atoms with Gasteiger partial charge in [-0.3, -0.25) is 0 Å². The summed E-state index contributed by atoms with van der Waals surface area (Å²) >= 11 is 0. The fourth-order valence-electron chi connectivity index (χ4n) is 1.71. The van der Waals surface area contributed by atoms with Crippen LogP contribution in [0.5, 0.6) is 0 Å². The van der Waals surface area contributed by atoms with E-state index in [1.807, 2.05) is 34.6 Å². The molecule has 0 aliphatic carbocycles. The topological polar surface area (TPSA) is 0 Å². The van der Waals surface area contributed by atoms with E-state index in [1.165, 1.54) is 0 Å². The second-order valence-electron chi connectivity index (χ2n) is 5.67. The van der Waals surface area contributed by atoms with Gasteiger partial charge in [-0.2, -0.15) is 0 Å². The van der Waals surface area contributed by atoms with Gasteiger partial charge in [-0.25, -0.2) is 8.78 Å². The Labute approximate surface area is 93.4 Å². The summed E-state index contributed by atoms with van der Waals surface area (Å²) in [6.45, 7) is 11.2. The second kappa shape index (κ2) is 4.80. The van der Waals surface area contributed by atoms with Crippen LogP contribution in [0.3, 0.4) is 0 Å². The van der Waals surface area contributed by atoms with Crippen molar-refractivity contribution < 1.29 is 8.78 Å². The van der Waals surface area contributed by atoms with Crippen LogP contribution < -0.4 is 0 Å². The molecule has 0 N–H and O–H groups in total. The van der Waals surface area contributed by atoms with Crippen LogP contribution in [-0.2, 0) is 0 Å². The van der Waals surface area contributed by atoms with Crippen molar-refractivity contribution in [1.29, 1.82) is 0 Å². The summed E-state index contributed by atoms with van der Waals surface area (Å²) in [4.78, 5) is 0. The highest BCUT2D eigenvalue weighted by molar-refractivity contribution is 4.90. The minimum atomic E-state index is -2.56. The van der Waals surface area contributed by atoms with Crippen molar-refractivity contribution in [2.45, 2.75) is 73.1 Å². The quantitative estimate of drug-likeness (QED) is 0.571. The van der Waals surface area contributed by atoms with Gasteiger partial charge in [-0.15, -0.1) is 0 Å². The van der Waals surface area contributed by atoms with Crippen LogP contribution in [0.15, 0.2) is 0 Å². The lowest BCUT2D eigenvalue weighted by Gasteiger charge is -2.40. The maximum atomic E-state index is 14.2. The lowest BCUT2D eigenvalue weighted by molar-refractivity contribution is -0.143. The zero-order valence-electron chi connectivity index (χ0n) is 11.1. The van der Waals surface area contributed by atoms with Gasteiger partial charge in [0.1, 0.15) is 0 Å². The maximum absolute atomic E-state index is 14.2. The second-order valence-corrected chi connectivity index (χ2v) is 5.67. The Hall–Kier alpha value is -0.140. The summed E-state index contributed by atoms with van der Waals surface area (Å²) in [5.74, 6) is -2.56. The van der Waals surface area contributed by atoms with Gasteiger partial charge in [0.2, 0.25) is 0 Å². The molecule has 0 aromatic heterocycles. The SMILES string of the molecule is CCC(C)(C)CC(F)(F)C(C)(CC)CC. The van der Waals surface area contributed by atoms with Crippen molar-refractivity contribution >= 4 is 0 Å². The molecule has 0 aromatic carbocycles. The van der Waals surface area contributed by atoms with Crippen LogP contribution in [-0.4, -0.2) is 5.92 Å². The molecule has 2 heteroatoms. The zero-order chi connectivity index (χ0) is 12.3. The third-order valence-corrected chi connectivity index (χ3v) is 4.10. The fraction of sp³-hybridized carbons (Fsp3) is 1.00. The molecule has 0 radical (unpaired) electrons. The molecule has 15 heavy (non-hydrogen) atoms. The molecule has 0 amide bonds. The van der Waals surface area contributed by atoms with Gasteiger partial charge in [0, 0.05) is 11.8 Å². The molecule has 0 unspecified atom stereocenters. The Morgan fingerprint density at radius 3 is 1.47 bits per heavy atom. The monoisotopic (exact) mass is 220 g/mol. The van der Waals surface area contributed by atoms with Gasteiger partial charge in [-0.05, 0) is 18.3 Å². The first-order valence-electron chi connectivity index (χ1n) is 6.02. The summed E-state index contributed by atoms with van der Waals surface area (Å²) in [7, 11) is 0. The molecule has 0 spiro atoms. The third-order valence-electron chi connectivity index (χ3n) is 4.10. The summed E-state index contributed by atoms with van der Waals surface area (Å²) in [6.07, 6.45) is 1.87. The molecule has 0 nitrogen and oxygen atoms in total. The number of rotatable bonds is 6.